The molecule has 3 N–H and O–H groups in total. The molecule has 9 heteroatoms. The Morgan fingerprint density at radius 3 is 2.90 bits per heavy atom. The topological polar surface area (TPSA) is 112 Å². The second-order valence-corrected chi connectivity index (χ2v) is 4.94. The van der Waals surface area contributed by atoms with Crippen LogP contribution in [0.4, 0.5) is 11.6 Å². The highest BCUT2D eigenvalue weighted by atomic mass is 79.9. The quantitative estimate of drug-likeness (QED) is 0.769. The molecule has 1 heterocycles. The number of hydrogen-bond acceptors (Lipinski definition) is 6. The van der Waals surface area contributed by atoms with E-state index in [1.807, 2.05) is 6.07 Å². The molecular formula is C12H12BrN5O3. The van der Waals surface area contributed by atoms with E-state index in [4.69, 9.17) is 10.5 Å². The van der Waals surface area contributed by atoms with Crippen molar-refractivity contribution in [3.05, 3.63) is 35.1 Å². The van der Waals surface area contributed by atoms with Crippen molar-refractivity contribution >= 4 is 39.4 Å². The summed E-state index contributed by atoms with van der Waals surface area (Å²) in [6.07, 6.45) is 1.30. The van der Waals surface area contributed by atoms with Crippen LogP contribution in [-0.4, -0.2) is 33.2 Å². The lowest BCUT2D eigenvalue weighted by Gasteiger charge is -2.06. The summed E-state index contributed by atoms with van der Waals surface area (Å²) in [6.45, 7) is -0.538. The molecule has 0 unspecified atom stereocenters. The number of nitrogens with one attached hydrogen (secondary N) is 1. The Bertz CT molecular complexity index is 658. The molecule has 0 aliphatic rings. The van der Waals surface area contributed by atoms with E-state index >= 15 is 0 Å². The molecule has 0 aliphatic carbocycles. The Morgan fingerprint density at radius 2 is 2.24 bits per heavy atom. The summed E-state index contributed by atoms with van der Waals surface area (Å²) in [7, 11) is 0. The second kappa shape index (κ2) is 6.84. The minimum Gasteiger partial charge on any atom is -0.454 e. The average molecular weight is 354 g/mol. The molecule has 1 amide bonds. The largest absolute Gasteiger partial charge is 0.454 e. The van der Waals surface area contributed by atoms with E-state index in [0.29, 0.717) is 5.69 Å². The Kier molecular flexibility index (Phi) is 4.88. The van der Waals surface area contributed by atoms with Crippen LogP contribution in [0.15, 0.2) is 35.1 Å². The molecule has 0 atom stereocenters. The van der Waals surface area contributed by atoms with Crippen LogP contribution in [-0.2, 0) is 20.9 Å². The molecule has 0 bridgehead atoms. The number of nitrogens with zero attached hydrogens (tertiary/aromatic N) is 3. The minimum absolute atomic E-state index is 0.0650. The molecule has 21 heavy (non-hydrogen) atoms. The molecule has 2 aromatic rings. The van der Waals surface area contributed by atoms with Crippen molar-refractivity contribution in [3.8, 4) is 0 Å². The Balaban J connectivity index is 1.77. The number of carbonyl (C=O) groups excluding carboxylic acids is 2. The van der Waals surface area contributed by atoms with Gasteiger partial charge in [0, 0.05) is 10.2 Å². The minimum atomic E-state index is -0.607. The summed E-state index contributed by atoms with van der Waals surface area (Å²) in [4.78, 5) is 26.8. The van der Waals surface area contributed by atoms with Gasteiger partial charge in [0.05, 0.1) is 0 Å². The number of aromatic nitrogens is 3. The van der Waals surface area contributed by atoms with Crippen LogP contribution >= 0.6 is 15.9 Å². The number of esters is 1. The summed E-state index contributed by atoms with van der Waals surface area (Å²) in [5.41, 5.74) is 5.92. The van der Waals surface area contributed by atoms with Crippen molar-refractivity contribution < 1.29 is 14.3 Å². The molecule has 110 valence electrons. The van der Waals surface area contributed by atoms with Gasteiger partial charge in [-0.15, -0.1) is 5.10 Å². The van der Waals surface area contributed by atoms with Crippen molar-refractivity contribution in [3.63, 3.8) is 0 Å². The lowest BCUT2D eigenvalue weighted by Crippen LogP contribution is -2.23. The first kappa shape index (κ1) is 15.0. The molecule has 1 aromatic carbocycles. The number of halogens is 1. The highest BCUT2D eigenvalue weighted by Gasteiger charge is 2.09. The van der Waals surface area contributed by atoms with E-state index in [1.54, 1.807) is 18.2 Å². The van der Waals surface area contributed by atoms with Crippen LogP contribution in [0, 0.1) is 0 Å². The normalized spacial score (nSPS) is 10.1. The maximum absolute atomic E-state index is 11.6. The fraction of sp³-hybridized carbons (Fsp3) is 0.167. The van der Waals surface area contributed by atoms with Gasteiger partial charge in [-0.2, -0.15) is 0 Å². The van der Waals surface area contributed by atoms with Crippen LogP contribution < -0.4 is 11.1 Å². The predicted molar refractivity (Wildman–Crippen MR) is 78.2 cm³/mol. The monoisotopic (exact) mass is 353 g/mol. The third-order valence-corrected chi connectivity index (χ3v) is 2.81. The van der Waals surface area contributed by atoms with Crippen LogP contribution in [0.1, 0.15) is 0 Å². The zero-order valence-electron chi connectivity index (χ0n) is 10.8. The van der Waals surface area contributed by atoms with Gasteiger partial charge in [-0.05, 0) is 18.2 Å². The van der Waals surface area contributed by atoms with Gasteiger partial charge in [0.2, 0.25) is 5.95 Å². The van der Waals surface area contributed by atoms with Crippen LogP contribution in [0.25, 0.3) is 0 Å². The zero-order chi connectivity index (χ0) is 15.2. The first-order chi connectivity index (χ1) is 10.0. The van der Waals surface area contributed by atoms with E-state index in [9.17, 15) is 9.59 Å². The molecule has 0 fully saturated rings. The molecule has 0 saturated heterocycles. The number of benzene rings is 1. The molecule has 0 radical (unpaired) electrons. The van der Waals surface area contributed by atoms with Gasteiger partial charge in [-0.3, -0.25) is 9.59 Å². The van der Waals surface area contributed by atoms with E-state index in [-0.39, 0.29) is 19.1 Å². The number of amides is 1. The van der Waals surface area contributed by atoms with Crippen LogP contribution in [0.5, 0.6) is 0 Å². The van der Waals surface area contributed by atoms with Gasteiger partial charge in [0.1, 0.15) is 12.9 Å². The van der Waals surface area contributed by atoms with Crippen molar-refractivity contribution in [1.29, 1.82) is 0 Å². The molecule has 0 saturated carbocycles. The third kappa shape index (κ3) is 4.88. The summed E-state index contributed by atoms with van der Waals surface area (Å²) in [6, 6.07) is 7.07. The molecule has 8 nitrogen and oxygen atoms in total. The van der Waals surface area contributed by atoms with Gasteiger partial charge in [0.15, 0.2) is 6.61 Å². The van der Waals surface area contributed by atoms with Crippen molar-refractivity contribution in [1.82, 2.24) is 14.8 Å². The number of ether oxygens (including phenoxy) is 1. The number of nitrogen functional groups attached to an aromatic ring is 1. The molecule has 2 rings (SSSR count). The van der Waals surface area contributed by atoms with E-state index in [2.05, 4.69) is 31.3 Å². The summed E-state index contributed by atoms with van der Waals surface area (Å²) >= 11 is 3.29. The van der Waals surface area contributed by atoms with E-state index in [0.717, 1.165) is 4.47 Å². The molecule has 0 spiro atoms. The zero-order valence-corrected chi connectivity index (χ0v) is 12.4. The number of carbonyl (C=O) groups is 2. The highest BCUT2D eigenvalue weighted by molar-refractivity contribution is 9.10. The number of rotatable bonds is 5. The molecule has 0 aliphatic heterocycles. The van der Waals surface area contributed by atoms with Gasteiger partial charge in [0.25, 0.3) is 5.91 Å². The fourth-order valence-corrected chi connectivity index (χ4v) is 1.87. The van der Waals surface area contributed by atoms with E-state index < -0.39 is 11.9 Å². The van der Waals surface area contributed by atoms with Crippen molar-refractivity contribution in [2.45, 2.75) is 6.54 Å². The van der Waals surface area contributed by atoms with Crippen molar-refractivity contribution in [2.24, 2.45) is 0 Å². The van der Waals surface area contributed by atoms with E-state index in [1.165, 1.54) is 11.0 Å². The maximum Gasteiger partial charge on any atom is 0.328 e. The predicted octanol–water partition coefficient (Wildman–Crippen LogP) is 0.805. The standard InChI is InChI=1S/C12H12BrN5O3/c13-8-2-1-3-9(4-8)16-10(19)6-21-11(20)5-18-7-15-12(14)17-18/h1-4,7H,5-6H2,(H2,14,17)(H,16,19). The molecule has 1 aromatic heterocycles. The van der Waals surface area contributed by atoms with Gasteiger partial charge >= 0.3 is 5.97 Å². The highest BCUT2D eigenvalue weighted by Crippen LogP contribution is 2.15. The summed E-state index contributed by atoms with van der Waals surface area (Å²) in [5.74, 6) is -0.973. The van der Waals surface area contributed by atoms with Crippen LogP contribution in [0.3, 0.4) is 0 Å². The first-order valence-corrected chi connectivity index (χ1v) is 6.68. The third-order valence-electron chi connectivity index (χ3n) is 2.32. The van der Waals surface area contributed by atoms with Gasteiger partial charge in [-0.1, -0.05) is 22.0 Å². The summed E-state index contributed by atoms with van der Waals surface area (Å²) < 4.78 is 6.89. The first-order valence-electron chi connectivity index (χ1n) is 5.89. The molecular weight excluding hydrogens is 342 g/mol. The van der Waals surface area contributed by atoms with Gasteiger partial charge in [-0.25, -0.2) is 9.67 Å². The second-order valence-electron chi connectivity index (χ2n) is 4.02. The lowest BCUT2D eigenvalue weighted by atomic mass is 10.3. The number of anilines is 2. The lowest BCUT2D eigenvalue weighted by molar-refractivity contribution is -0.148. The Morgan fingerprint density at radius 1 is 1.43 bits per heavy atom. The Hall–Kier alpha value is -2.42. The summed E-state index contributed by atoms with van der Waals surface area (Å²) in [5, 5.41) is 6.34. The Labute approximate surface area is 128 Å². The fourth-order valence-electron chi connectivity index (χ4n) is 1.47. The smallest absolute Gasteiger partial charge is 0.328 e. The number of nitrogens with two attached hydrogens (primary N) is 1. The van der Waals surface area contributed by atoms with Crippen LogP contribution in [0.2, 0.25) is 0 Å². The SMILES string of the molecule is Nc1ncn(CC(=O)OCC(=O)Nc2cccc(Br)c2)n1. The number of hydrogen-bond donors (Lipinski definition) is 2. The maximum atomic E-state index is 11.6. The van der Waals surface area contributed by atoms with Crippen molar-refractivity contribution in [2.75, 3.05) is 17.7 Å². The average Bonchev–Trinajstić information content (AvgIpc) is 2.82. The van der Waals surface area contributed by atoms with Gasteiger partial charge < -0.3 is 15.8 Å².